The predicted octanol–water partition coefficient (Wildman–Crippen LogP) is 6.45. The van der Waals surface area contributed by atoms with Gasteiger partial charge in [-0.3, -0.25) is 4.79 Å². The van der Waals surface area contributed by atoms with Gasteiger partial charge in [0.15, 0.2) is 0 Å². The average molecular weight is 591 g/mol. The number of carbonyl (C=O) groups excluding carboxylic acids is 2. The summed E-state index contributed by atoms with van der Waals surface area (Å²) in [5, 5.41) is 28.3. The molecule has 42 heavy (non-hydrogen) atoms. The molecule has 4 aliphatic carbocycles. The van der Waals surface area contributed by atoms with Gasteiger partial charge in [-0.15, -0.1) is 0 Å². The molecule has 4 saturated carbocycles. The topological polar surface area (TPSA) is 108 Å². The summed E-state index contributed by atoms with van der Waals surface area (Å²) in [5.41, 5.74) is -0.0313. The van der Waals surface area contributed by atoms with Crippen molar-refractivity contribution >= 4 is 12.0 Å². The Bertz CT molecular complexity index is 935. The minimum Gasteiger partial charge on any atom is -0.444 e. The summed E-state index contributed by atoms with van der Waals surface area (Å²) in [6.07, 6.45) is 10.9. The van der Waals surface area contributed by atoms with E-state index in [2.05, 4.69) is 38.3 Å². The second-order valence-corrected chi connectivity index (χ2v) is 16.1. The quantitative estimate of drug-likeness (QED) is 0.219. The first-order chi connectivity index (χ1) is 19.7. The Kier molecular flexibility index (Phi) is 10.7. The van der Waals surface area contributed by atoms with Gasteiger partial charge >= 0.3 is 6.09 Å². The number of ether oxygens (including phenoxy) is 1. The van der Waals surface area contributed by atoms with E-state index in [1.807, 2.05) is 20.8 Å². The zero-order valence-electron chi connectivity index (χ0n) is 27.7. The summed E-state index contributed by atoms with van der Waals surface area (Å²) in [4.78, 5) is 24.4. The fourth-order valence-corrected chi connectivity index (χ4v) is 10.6. The minimum absolute atomic E-state index is 0.123. The van der Waals surface area contributed by atoms with Crippen molar-refractivity contribution in [1.82, 2.24) is 10.6 Å². The first-order valence-electron chi connectivity index (χ1n) is 17.3. The van der Waals surface area contributed by atoms with Gasteiger partial charge in [0.25, 0.3) is 0 Å². The lowest BCUT2D eigenvalue weighted by Crippen LogP contribution is -2.62. The van der Waals surface area contributed by atoms with Crippen LogP contribution in [0, 0.1) is 52.3 Å². The van der Waals surface area contributed by atoms with Gasteiger partial charge in [0.2, 0.25) is 5.91 Å². The van der Waals surface area contributed by atoms with Crippen molar-refractivity contribution in [3.8, 4) is 0 Å². The molecule has 0 saturated heterocycles. The Morgan fingerprint density at radius 1 is 0.929 bits per heavy atom. The van der Waals surface area contributed by atoms with Crippen LogP contribution in [0.5, 0.6) is 0 Å². The van der Waals surface area contributed by atoms with Crippen LogP contribution >= 0.6 is 0 Å². The Morgan fingerprint density at radius 2 is 1.57 bits per heavy atom. The highest BCUT2D eigenvalue weighted by Crippen LogP contribution is 2.69. The molecule has 4 N–H and O–H groups in total. The van der Waals surface area contributed by atoms with Gasteiger partial charge in [-0.1, -0.05) is 34.1 Å². The maximum Gasteiger partial charge on any atom is 0.407 e. The molecule has 0 bridgehead atoms. The molecule has 0 spiro atoms. The number of aliphatic hydroxyl groups is 2. The number of carbonyl (C=O) groups is 2. The number of hydrogen-bond donors (Lipinski definition) is 4. The third kappa shape index (κ3) is 6.98. The highest BCUT2D eigenvalue weighted by atomic mass is 16.6. The number of rotatable bonds is 10. The second-order valence-electron chi connectivity index (χ2n) is 16.1. The third-order valence-corrected chi connectivity index (χ3v) is 12.6. The van der Waals surface area contributed by atoms with E-state index in [1.165, 1.54) is 25.7 Å². The number of alkyl carbamates (subject to hydrolysis) is 1. The number of unbranched alkanes of at least 4 members (excludes halogenated alkanes) is 1. The summed E-state index contributed by atoms with van der Waals surface area (Å²) in [5.74, 6) is 3.42. The Hall–Kier alpha value is -1.34. The molecule has 4 fully saturated rings. The molecular formula is C35H62N2O5. The number of aliphatic hydroxyl groups excluding tert-OH is 2. The van der Waals surface area contributed by atoms with Crippen molar-refractivity contribution in [2.75, 3.05) is 13.1 Å². The average Bonchev–Trinajstić information content (AvgIpc) is 3.26. The lowest BCUT2D eigenvalue weighted by Gasteiger charge is -2.64. The number of hydrogen-bond acceptors (Lipinski definition) is 5. The van der Waals surface area contributed by atoms with Crippen molar-refractivity contribution in [1.29, 1.82) is 0 Å². The predicted molar refractivity (Wildman–Crippen MR) is 167 cm³/mol. The normalized spacial score (nSPS) is 40.3. The fourth-order valence-electron chi connectivity index (χ4n) is 10.6. The summed E-state index contributed by atoms with van der Waals surface area (Å²) >= 11 is 0. The molecule has 0 aliphatic heterocycles. The Labute approximate surface area is 255 Å². The van der Waals surface area contributed by atoms with Gasteiger partial charge in [-0.2, -0.15) is 0 Å². The van der Waals surface area contributed by atoms with Crippen LogP contribution in [-0.4, -0.2) is 53.1 Å². The van der Waals surface area contributed by atoms with E-state index >= 15 is 0 Å². The molecule has 7 heteroatoms. The molecule has 0 unspecified atom stereocenters. The molecule has 0 aromatic rings. The lowest BCUT2D eigenvalue weighted by atomic mass is 9.41. The standard InChI is InChI=1S/C35H62N2O5/c1-8-24-28-21-23(38)15-17-35(28,7)27-16-18-34(6)25(12-13-26(34)30(27)31(24)40)22(2)11-14-29(39)36-19-9-10-20-37-32(41)42-33(3,4)5/h22-28,30-31,38,40H,8-21H2,1-7H3,(H,36,39)(H,37,41)/t22-,23-,24-,25-,26+,27+,28+,30+,31-,34-,35-/m1/s1. The molecule has 4 rings (SSSR count). The largest absolute Gasteiger partial charge is 0.444 e. The highest BCUT2D eigenvalue weighted by molar-refractivity contribution is 5.75. The third-order valence-electron chi connectivity index (χ3n) is 12.6. The van der Waals surface area contributed by atoms with Crippen LogP contribution < -0.4 is 10.6 Å². The van der Waals surface area contributed by atoms with E-state index in [9.17, 15) is 19.8 Å². The van der Waals surface area contributed by atoms with Crippen LogP contribution in [-0.2, 0) is 9.53 Å². The van der Waals surface area contributed by atoms with Crippen LogP contribution in [0.15, 0.2) is 0 Å². The van der Waals surface area contributed by atoms with Crippen molar-refractivity contribution in [2.45, 2.75) is 143 Å². The number of nitrogens with one attached hydrogen (secondary N) is 2. The van der Waals surface area contributed by atoms with E-state index < -0.39 is 11.7 Å². The van der Waals surface area contributed by atoms with Gasteiger partial charge in [0.05, 0.1) is 12.2 Å². The molecule has 242 valence electrons. The van der Waals surface area contributed by atoms with Crippen LogP contribution in [0.3, 0.4) is 0 Å². The maximum atomic E-state index is 12.7. The SMILES string of the molecule is CC[C@H]1[C@@H](O)[C@@H]2[C@H](CC[C@]3(C)[C@@H]([C@H](C)CCC(=O)NCCCCNC(=O)OC(C)(C)C)CC[C@@H]23)[C@@]2(C)CC[C@@H](O)C[C@@H]12. The second kappa shape index (κ2) is 13.3. The van der Waals surface area contributed by atoms with Gasteiger partial charge in [0, 0.05) is 19.5 Å². The van der Waals surface area contributed by atoms with Gasteiger partial charge in [0.1, 0.15) is 5.60 Å². The van der Waals surface area contributed by atoms with Crippen molar-refractivity contribution in [3.63, 3.8) is 0 Å². The molecule has 0 radical (unpaired) electrons. The summed E-state index contributed by atoms with van der Waals surface area (Å²) in [6.45, 7) is 16.3. The van der Waals surface area contributed by atoms with Gasteiger partial charge in [-0.05, 0) is 137 Å². The first kappa shape index (κ1) is 33.6. The minimum atomic E-state index is -0.497. The highest BCUT2D eigenvalue weighted by Gasteiger charge is 2.64. The van der Waals surface area contributed by atoms with E-state index in [0.29, 0.717) is 60.9 Å². The zero-order valence-corrected chi connectivity index (χ0v) is 27.7. The molecule has 0 aromatic carbocycles. The van der Waals surface area contributed by atoms with Crippen LogP contribution in [0.2, 0.25) is 0 Å². The number of fused-ring (bicyclic) bond motifs is 5. The van der Waals surface area contributed by atoms with Crippen LogP contribution in [0.4, 0.5) is 4.79 Å². The van der Waals surface area contributed by atoms with Crippen LogP contribution in [0.1, 0.15) is 126 Å². The Morgan fingerprint density at radius 3 is 2.24 bits per heavy atom. The maximum absolute atomic E-state index is 12.7. The smallest absolute Gasteiger partial charge is 0.407 e. The summed E-state index contributed by atoms with van der Waals surface area (Å²) in [6, 6.07) is 0. The molecule has 4 aliphatic rings. The Balaban J connectivity index is 1.26. The molecule has 7 nitrogen and oxygen atoms in total. The molecule has 0 heterocycles. The summed E-state index contributed by atoms with van der Waals surface area (Å²) < 4.78 is 5.25. The van der Waals surface area contributed by atoms with Crippen molar-refractivity contribution in [2.24, 2.45) is 52.3 Å². The molecule has 11 atom stereocenters. The molecular weight excluding hydrogens is 528 g/mol. The van der Waals surface area contributed by atoms with E-state index in [4.69, 9.17) is 4.74 Å². The fraction of sp³-hybridized carbons (Fsp3) is 0.943. The first-order valence-corrected chi connectivity index (χ1v) is 17.3. The monoisotopic (exact) mass is 590 g/mol. The lowest BCUT2D eigenvalue weighted by molar-refractivity contribution is -0.203. The van der Waals surface area contributed by atoms with E-state index in [0.717, 1.165) is 44.9 Å². The van der Waals surface area contributed by atoms with Crippen LogP contribution in [0.25, 0.3) is 0 Å². The van der Waals surface area contributed by atoms with Gasteiger partial charge < -0.3 is 25.6 Å². The summed E-state index contributed by atoms with van der Waals surface area (Å²) in [7, 11) is 0. The van der Waals surface area contributed by atoms with Crippen molar-refractivity contribution < 1.29 is 24.5 Å². The molecule has 0 aromatic heterocycles. The molecule has 2 amide bonds. The van der Waals surface area contributed by atoms with Gasteiger partial charge in [-0.25, -0.2) is 4.79 Å². The van der Waals surface area contributed by atoms with Crippen molar-refractivity contribution in [3.05, 3.63) is 0 Å². The van der Waals surface area contributed by atoms with E-state index in [-0.39, 0.29) is 28.9 Å². The zero-order chi connectivity index (χ0) is 30.9. The number of amides is 2. The van der Waals surface area contributed by atoms with E-state index in [1.54, 1.807) is 0 Å².